The van der Waals surface area contributed by atoms with Gasteiger partial charge < -0.3 is 14.2 Å². The molecule has 0 amide bonds. The van der Waals surface area contributed by atoms with Gasteiger partial charge in [-0.05, 0) is 62.8 Å². The SMILES string of the molecule is CC(=O)OCC[C@]1(C)CCc2c(C)c(OCc3ccccc3)c(C)c(C)c2O1. The minimum Gasteiger partial charge on any atom is -0.488 e. The number of carbonyl (C=O) groups excluding carboxylic acids is 1. The van der Waals surface area contributed by atoms with Gasteiger partial charge in [-0.3, -0.25) is 4.79 Å². The van der Waals surface area contributed by atoms with Crippen molar-refractivity contribution in [2.24, 2.45) is 0 Å². The van der Waals surface area contributed by atoms with Gasteiger partial charge in [-0.25, -0.2) is 0 Å². The first kappa shape index (κ1) is 20.2. The third-order valence-corrected chi connectivity index (χ3v) is 5.73. The maximum absolute atomic E-state index is 11.1. The summed E-state index contributed by atoms with van der Waals surface area (Å²) in [6, 6.07) is 10.2. The van der Waals surface area contributed by atoms with E-state index in [4.69, 9.17) is 14.2 Å². The zero-order valence-corrected chi connectivity index (χ0v) is 17.6. The van der Waals surface area contributed by atoms with Gasteiger partial charge in [0.15, 0.2) is 0 Å². The van der Waals surface area contributed by atoms with Crippen molar-refractivity contribution < 1.29 is 19.0 Å². The fourth-order valence-electron chi connectivity index (χ4n) is 3.81. The van der Waals surface area contributed by atoms with E-state index in [1.807, 2.05) is 18.2 Å². The Bertz CT molecular complexity index is 857. The number of esters is 1. The molecule has 0 radical (unpaired) electrons. The Morgan fingerprint density at radius 1 is 1.11 bits per heavy atom. The molecule has 0 unspecified atom stereocenters. The fourth-order valence-corrected chi connectivity index (χ4v) is 3.81. The van der Waals surface area contributed by atoms with Crippen molar-refractivity contribution in [3.63, 3.8) is 0 Å². The molecule has 1 aliphatic heterocycles. The van der Waals surface area contributed by atoms with Crippen molar-refractivity contribution in [3.8, 4) is 11.5 Å². The van der Waals surface area contributed by atoms with Crippen LogP contribution in [0.4, 0.5) is 0 Å². The van der Waals surface area contributed by atoms with Gasteiger partial charge in [-0.2, -0.15) is 0 Å². The second-order valence-electron chi connectivity index (χ2n) is 7.93. The third kappa shape index (κ3) is 4.32. The number of benzene rings is 2. The highest BCUT2D eigenvalue weighted by Gasteiger charge is 2.34. The molecule has 0 bridgehead atoms. The summed E-state index contributed by atoms with van der Waals surface area (Å²) < 4.78 is 17.8. The van der Waals surface area contributed by atoms with Crippen molar-refractivity contribution >= 4 is 5.97 Å². The van der Waals surface area contributed by atoms with Crippen molar-refractivity contribution in [1.29, 1.82) is 0 Å². The first-order valence-electron chi connectivity index (χ1n) is 9.92. The lowest BCUT2D eigenvalue weighted by molar-refractivity contribution is -0.142. The summed E-state index contributed by atoms with van der Waals surface area (Å²) in [5.41, 5.74) is 5.48. The summed E-state index contributed by atoms with van der Waals surface area (Å²) in [5, 5.41) is 0. The van der Waals surface area contributed by atoms with Crippen molar-refractivity contribution in [2.45, 2.75) is 66.1 Å². The quantitative estimate of drug-likeness (QED) is 0.642. The van der Waals surface area contributed by atoms with Crippen LogP contribution in [0.5, 0.6) is 11.5 Å². The molecule has 1 atom stereocenters. The average molecular weight is 383 g/mol. The Hall–Kier alpha value is -2.49. The molecule has 0 saturated heterocycles. The molecule has 1 heterocycles. The lowest BCUT2D eigenvalue weighted by Gasteiger charge is -2.38. The molecule has 150 valence electrons. The Morgan fingerprint density at radius 3 is 2.50 bits per heavy atom. The average Bonchev–Trinajstić information content (AvgIpc) is 2.66. The molecule has 4 nitrogen and oxygen atoms in total. The Labute approximate surface area is 167 Å². The molecule has 2 aromatic carbocycles. The lowest BCUT2D eigenvalue weighted by Crippen LogP contribution is -2.38. The van der Waals surface area contributed by atoms with E-state index in [1.165, 1.54) is 12.5 Å². The van der Waals surface area contributed by atoms with Gasteiger partial charge in [0, 0.05) is 18.9 Å². The molecule has 2 aromatic rings. The molecular weight excluding hydrogens is 352 g/mol. The topological polar surface area (TPSA) is 44.8 Å². The summed E-state index contributed by atoms with van der Waals surface area (Å²) in [6.07, 6.45) is 2.51. The van der Waals surface area contributed by atoms with Crippen LogP contribution < -0.4 is 9.47 Å². The smallest absolute Gasteiger partial charge is 0.302 e. The van der Waals surface area contributed by atoms with Crippen molar-refractivity contribution in [2.75, 3.05) is 6.61 Å². The maximum Gasteiger partial charge on any atom is 0.302 e. The second-order valence-corrected chi connectivity index (χ2v) is 7.93. The molecule has 0 N–H and O–H groups in total. The van der Waals surface area contributed by atoms with E-state index < -0.39 is 0 Å². The van der Waals surface area contributed by atoms with E-state index >= 15 is 0 Å². The first-order valence-corrected chi connectivity index (χ1v) is 9.92. The van der Waals surface area contributed by atoms with E-state index in [1.54, 1.807) is 0 Å². The predicted octanol–water partition coefficient (Wildman–Crippen LogP) is 5.23. The van der Waals surface area contributed by atoms with Crippen LogP contribution in [0.15, 0.2) is 30.3 Å². The van der Waals surface area contributed by atoms with Crippen molar-refractivity contribution in [3.05, 3.63) is 58.1 Å². The van der Waals surface area contributed by atoms with E-state index in [0.717, 1.165) is 46.6 Å². The largest absolute Gasteiger partial charge is 0.488 e. The molecular formula is C24H30O4. The molecule has 3 rings (SSSR count). The molecule has 0 saturated carbocycles. The van der Waals surface area contributed by atoms with Crippen LogP contribution in [-0.4, -0.2) is 18.2 Å². The molecule has 1 aliphatic rings. The van der Waals surface area contributed by atoms with E-state index in [2.05, 4.69) is 39.8 Å². The maximum atomic E-state index is 11.1. The molecule has 0 spiro atoms. The lowest BCUT2D eigenvalue weighted by atomic mass is 9.86. The molecule has 0 fully saturated rings. The molecule has 4 heteroatoms. The summed E-state index contributed by atoms with van der Waals surface area (Å²) in [4.78, 5) is 11.1. The number of ether oxygens (including phenoxy) is 3. The Morgan fingerprint density at radius 2 is 1.82 bits per heavy atom. The standard InChI is InChI=1S/C24H30O4/c1-16-17(2)23-21(11-12-24(5,28-23)13-14-26-19(4)25)18(3)22(16)27-15-20-9-7-6-8-10-20/h6-10H,11-15H2,1-5H3/t24-/m0/s1. The van der Waals surface area contributed by atoms with E-state index in [9.17, 15) is 4.79 Å². The highest BCUT2D eigenvalue weighted by Crippen LogP contribution is 2.44. The predicted molar refractivity (Wildman–Crippen MR) is 110 cm³/mol. The number of fused-ring (bicyclic) bond motifs is 1. The molecule has 0 aromatic heterocycles. The molecule has 0 aliphatic carbocycles. The van der Waals surface area contributed by atoms with Gasteiger partial charge in [0.05, 0.1) is 6.61 Å². The zero-order valence-electron chi connectivity index (χ0n) is 17.6. The Balaban J connectivity index is 1.81. The number of hydrogen-bond acceptors (Lipinski definition) is 4. The van der Waals surface area contributed by atoms with Crippen LogP contribution in [0.1, 0.15) is 54.5 Å². The highest BCUT2D eigenvalue weighted by molar-refractivity contribution is 5.65. The van der Waals surface area contributed by atoms with Crippen LogP contribution in [0.3, 0.4) is 0 Å². The van der Waals surface area contributed by atoms with Gasteiger partial charge in [-0.1, -0.05) is 30.3 Å². The summed E-state index contributed by atoms with van der Waals surface area (Å²) in [6.45, 7) is 10.8. The van der Waals surface area contributed by atoms with Crippen LogP contribution in [0.25, 0.3) is 0 Å². The number of hydrogen-bond donors (Lipinski definition) is 0. The van der Waals surface area contributed by atoms with Crippen LogP contribution in [0, 0.1) is 20.8 Å². The third-order valence-electron chi connectivity index (χ3n) is 5.73. The first-order chi connectivity index (χ1) is 13.3. The molecule has 28 heavy (non-hydrogen) atoms. The van der Waals surface area contributed by atoms with Gasteiger partial charge >= 0.3 is 5.97 Å². The van der Waals surface area contributed by atoms with Gasteiger partial charge in [0.25, 0.3) is 0 Å². The number of carbonyl (C=O) groups is 1. The second kappa shape index (κ2) is 8.26. The van der Waals surface area contributed by atoms with Crippen LogP contribution in [0.2, 0.25) is 0 Å². The highest BCUT2D eigenvalue weighted by atomic mass is 16.5. The minimum atomic E-state index is -0.321. The van der Waals surface area contributed by atoms with Gasteiger partial charge in [-0.15, -0.1) is 0 Å². The van der Waals surface area contributed by atoms with Gasteiger partial charge in [0.1, 0.15) is 23.7 Å². The van der Waals surface area contributed by atoms with Crippen LogP contribution in [-0.2, 0) is 22.6 Å². The summed E-state index contributed by atoms with van der Waals surface area (Å²) >= 11 is 0. The van der Waals surface area contributed by atoms with E-state index in [0.29, 0.717) is 19.6 Å². The summed E-state index contributed by atoms with van der Waals surface area (Å²) in [5.74, 6) is 1.69. The monoisotopic (exact) mass is 382 g/mol. The van der Waals surface area contributed by atoms with E-state index in [-0.39, 0.29) is 11.6 Å². The van der Waals surface area contributed by atoms with Crippen molar-refractivity contribution in [1.82, 2.24) is 0 Å². The summed E-state index contributed by atoms with van der Waals surface area (Å²) in [7, 11) is 0. The zero-order chi connectivity index (χ0) is 20.3. The minimum absolute atomic E-state index is 0.247. The normalized spacial score (nSPS) is 18.2. The number of rotatable bonds is 6. The van der Waals surface area contributed by atoms with Gasteiger partial charge in [0.2, 0.25) is 0 Å². The van der Waals surface area contributed by atoms with Crippen LogP contribution >= 0.6 is 0 Å². The fraction of sp³-hybridized carbons (Fsp3) is 0.458. The Kier molecular flexibility index (Phi) is 5.97.